The third kappa shape index (κ3) is 4.42. The van der Waals surface area contributed by atoms with Gasteiger partial charge in [-0.05, 0) is 74.3 Å². The zero-order valence-corrected chi connectivity index (χ0v) is 17.8. The fourth-order valence-corrected chi connectivity index (χ4v) is 6.02. The minimum atomic E-state index is -0.310. The van der Waals surface area contributed by atoms with Crippen molar-refractivity contribution in [2.24, 2.45) is 17.8 Å². The summed E-state index contributed by atoms with van der Waals surface area (Å²) in [7, 11) is 0. The van der Waals surface area contributed by atoms with Gasteiger partial charge in [0.15, 0.2) is 0 Å². The molecule has 4 rings (SSSR count). The van der Waals surface area contributed by atoms with Gasteiger partial charge in [0.05, 0.1) is 4.91 Å². The highest BCUT2D eigenvalue weighted by Gasteiger charge is 2.42. The van der Waals surface area contributed by atoms with Crippen molar-refractivity contribution in [1.29, 1.82) is 0 Å². The number of amides is 3. The van der Waals surface area contributed by atoms with Gasteiger partial charge in [0.2, 0.25) is 5.91 Å². The van der Waals surface area contributed by atoms with Crippen molar-refractivity contribution in [1.82, 2.24) is 10.2 Å². The van der Waals surface area contributed by atoms with Crippen LogP contribution in [0, 0.1) is 24.7 Å². The van der Waals surface area contributed by atoms with Gasteiger partial charge in [-0.25, -0.2) is 0 Å². The van der Waals surface area contributed by atoms with Crippen LogP contribution in [-0.2, 0) is 9.59 Å². The summed E-state index contributed by atoms with van der Waals surface area (Å²) in [6.07, 6.45) is 7.07. The predicted octanol–water partition coefficient (Wildman–Crippen LogP) is 4.36. The van der Waals surface area contributed by atoms with Gasteiger partial charge in [-0.2, -0.15) is 0 Å². The summed E-state index contributed by atoms with van der Waals surface area (Å²) >= 11 is 0.943. The Labute approximate surface area is 176 Å². The van der Waals surface area contributed by atoms with Gasteiger partial charge in [-0.15, -0.1) is 0 Å². The molecule has 5 nitrogen and oxygen atoms in total. The van der Waals surface area contributed by atoms with E-state index in [-0.39, 0.29) is 36.1 Å². The van der Waals surface area contributed by atoms with Gasteiger partial charge >= 0.3 is 0 Å². The van der Waals surface area contributed by atoms with Crippen LogP contribution in [0.1, 0.15) is 50.2 Å². The second-order valence-corrected chi connectivity index (χ2v) is 9.69. The molecule has 3 fully saturated rings. The fraction of sp³-hybridized carbons (Fsp3) is 0.522. The number of fused-ring (bicyclic) bond motifs is 2. The van der Waals surface area contributed by atoms with Crippen molar-refractivity contribution >= 4 is 34.9 Å². The van der Waals surface area contributed by atoms with Gasteiger partial charge in [-0.1, -0.05) is 36.2 Å². The van der Waals surface area contributed by atoms with Gasteiger partial charge in [0, 0.05) is 19.0 Å². The maximum absolute atomic E-state index is 12.6. The lowest BCUT2D eigenvalue weighted by Gasteiger charge is -2.28. The van der Waals surface area contributed by atoms with Crippen molar-refractivity contribution in [3.05, 3.63) is 40.3 Å². The minimum Gasteiger partial charge on any atom is -0.353 e. The number of nitrogens with one attached hydrogen (secondary N) is 1. The van der Waals surface area contributed by atoms with E-state index >= 15 is 0 Å². The lowest BCUT2D eigenvalue weighted by atomic mass is 9.84. The summed E-state index contributed by atoms with van der Waals surface area (Å²) in [6, 6.07) is 7.95. The first-order chi connectivity index (χ1) is 13.9. The molecule has 0 radical (unpaired) electrons. The molecule has 1 aromatic carbocycles. The van der Waals surface area contributed by atoms with Gasteiger partial charge < -0.3 is 5.32 Å². The number of hydrogen-bond acceptors (Lipinski definition) is 4. The van der Waals surface area contributed by atoms with Crippen LogP contribution in [0.3, 0.4) is 0 Å². The SMILES string of the molecule is Cc1cccc(/C=C2\SC(=O)N(CCC(=O)NC(C)C3CC4CCC3C4)C2=O)c1. The largest absolute Gasteiger partial charge is 0.353 e. The number of nitrogens with zero attached hydrogens (tertiary/aromatic N) is 1. The summed E-state index contributed by atoms with van der Waals surface area (Å²) in [5.74, 6) is 1.78. The van der Waals surface area contributed by atoms with E-state index in [1.165, 1.54) is 30.6 Å². The molecule has 4 atom stereocenters. The van der Waals surface area contributed by atoms with Crippen LogP contribution < -0.4 is 5.32 Å². The molecule has 1 heterocycles. The average Bonchev–Trinajstić information content (AvgIpc) is 3.36. The summed E-state index contributed by atoms with van der Waals surface area (Å²) in [6.45, 7) is 4.21. The molecule has 1 saturated heterocycles. The number of imide groups is 1. The molecular weight excluding hydrogens is 384 g/mol. The first-order valence-corrected chi connectivity index (χ1v) is 11.3. The molecule has 0 spiro atoms. The minimum absolute atomic E-state index is 0.0815. The Morgan fingerprint density at radius 2 is 2.14 bits per heavy atom. The highest BCUT2D eigenvalue weighted by Crippen LogP contribution is 2.49. The molecule has 1 N–H and O–H groups in total. The molecule has 4 unspecified atom stereocenters. The molecule has 1 aromatic rings. The monoisotopic (exact) mass is 412 g/mol. The topological polar surface area (TPSA) is 66.5 Å². The van der Waals surface area contributed by atoms with E-state index in [1.54, 1.807) is 6.08 Å². The number of aryl methyl sites for hydroxylation is 1. The Balaban J connectivity index is 1.30. The Morgan fingerprint density at radius 3 is 2.83 bits per heavy atom. The van der Waals surface area contributed by atoms with E-state index in [4.69, 9.17) is 0 Å². The molecule has 3 amide bonds. The molecule has 1 aliphatic heterocycles. The van der Waals surface area contributed by atoms with Crippen LogP contribution in [0.2, 0.25) is 0 Å². The van der Waals surface area contributed by atoms with Crippen LogP contribution in [0.15, 0.2) is 29.2 Å². The van der Waals surface area contributed by atoms with Gasteiger partial charge in [-0.3, -0.25) is 19.3 Å². The number of carbonyl (C=O) groups excluding carboxylic acids is 3. The van der Waals surface area contributed by atoms with Crippen LogP contribution in [-0.4, -0.2) is 34.5 Å². The summed E-state index contributed by atoms with van der Waals surface area (Å²) in [4.78, 5) is 38.9. The highest BCUT2D eigenvalue weighted by molar-refractivity contribution is 8.18. The molecule has 2 saturated carbocycles. The van der Waals surface area contributed by atoms with Crippen molar-refractivity contribution in [2.45, 2.75) is 52.0 Å². The summed E-state index contributed by atoms with van der Waals surface area (Å²) < 4.78 is 0. The number of benzene rings is 1. The number of carbonyl (C=O) groups is 3. The first kappa shape index (κ1) is 20.2. The average molecular weight is 413 g/mol. The Morgan fingerprint density at radius 1 is 1.31 bits per heavy atom. The van der Waals surface area contributed by atoms with E-state index in [0.29, 0.717) is 10.8 Å². The van der Waals surface area contributed by atoms with E-state index in [0.717, 1.165) is 34.7 Å². The Hall–Kier alpha value is -2.08. The van der Waals surface area contributed by atoms with Crippen molar-refractivity contribution < 1.29 is 14.4 Å². The molecule has 154 valence electrons. The van der Waals surface area contributed by atoms with E-state index < -0.39 is 0 Å². The smallest absolute Gasteiger partial charge is 0.293 e. The zero-order chi connectivity index (χ0) is 20.5. The Kier molecular flexibility index (Phi) is 5.81. The van der Waals surface area contributed by atoms with Gasteiger partial charge in [0.25, 0.3) is 11.1 Å². The van der Waals surface area contributed by atoms with Crippen molar-refractivity contribution in [3.8, 4) is 0 Å². The fourth-order valence-electron chi connectivity index (χ4n) is 5.16. The van der Waals surface area contributed by atoms with E-state index in [9.17, 15) is 14.4 Å². The standard InChI is InChI=1S/C23H28N2O3S/c1-14-4-3-5-16(10-14)13-20-22(27)25(23(28)29-20)9-8-21(26)24-15(2)19-12-17-6-7-18(19)11-17/h3-5,10,13,15,17-19H,6-9,11-12H2,1-2H3,(H,24,26)/b20-13-. The number of thioether (sulfide) groups is 1. The molecule has 3 aliphatic rings. The summed E-state index contributed by atoms with van der Waals surface area (Å²) in [5, 5.41) is 2.81. The highest BCUT2D eigenvalue weighted by atomic mass is 32.2. The maximum atomic E-state index is 12.6. The van der Waals surface area contributed by atoms with Crippen molar-refractivity contribution in [3.63, 3.8) is 0 Å². The van der Waals surface area contributed by atoms with Crippen LogP contribution >= 0.6 is 11.8 Å². The second kappa shape index (κ2) is 8.34. The van der Waals surface area contributed by atoms with Gasteiger partial charge in [0.1, 0.15) is 0 Å². The first-order valence-electron chi connectivity index (χ1n) is 10.5. The van der Waals surface area contributed by atoms with E-state index in [1.807, 2.05) is 31.2 Å². The number of rotatable bonds is 6. The third-order valence-electron chi connectivity index (χ3n) is 6.60. The number of hydrogen-bond donors (Lipinski definition) is 1. The maximum Gasteiger partial charge on any atom is 0.293 e. The second-order valence-electron chi connectivity index (χ2n) is 8.69. The molecule has 2 bridgehead atoms. The molecule has 6 heteroatoms. The lowest BCUT2D eigenvalue weighted by Crippen LogP contribution is -2.41. The van der Waals surface area contributed by atoms with Crippen LogP contribution in [0.5, 0.6) is 0 Å². The third-order valence-corrected chi connectivity index (χ3v) is 7.51. The quantitative estimate of drug-likeness (QED) is 0.705. The van der Waals surface area contributed by atoms with E-state index in [2.05, 4.69) is 12.2 Å². The summed E-state index contributed by atoms with van der Waals surface area (Å²) in [5.41, 5.74) is 1.99. The zero-order valence-electron chi connectivity index (χ0n) is 17.0. The lowest BCUT2D eigenvalue weighted by molar-refractivity contribution is -0.124. The van der Waals surface area contributed by atoms with Crippen LogP contribution in [0.4, 0.5) is 4.79 Å². The Bertz CT molecular complexity index is 865. The molecule has 0 aromatic heterocycles. The predicted molar refractivity (Wildman–Crippen MR) is 115 cm³/mol. The van der Waals surface area contributed by atoms with Crippen molar-refractivity contribution in [2.75, 3.05) is 6.54 Å². The molecular formula is C23H28N2O3S. The molecule has 29 heavy (non-hydrogen) atoms. The normalized spacial score (nSPS) is 28.4. The molecule has 2 aliphatic carbocycles. The van der Waals surface area contributed by atoms with Crippen LogP contribution in [0.25, 0.3) is 6.08 Å².